The second kappa shape index (κ2) is 4.73. The van der Waals surface area contributed by atoms with Crippen LogP contribution in [-0.4, -0.2) is 22.7 Å². The average molecular weight is 206 g/mol. The summed E-state index contributed by atoms with van der Waals surface area (Å²) in [6.07, 6.45) is 6.59. The second-order valence-corrected chi connectivity index (χ2v) is 4.23. The van der Waals surface area contributed by atoms with E-state index in [1.54, 1.807) is 12.4 Å². The van der Waals surface area contributed by atoms with E-state index in [1.165, 1.54) is 12.8 Å². The van der Waals surface area contributed by atoms with Gasteiger partial charge >= 0.3 is 0 Å². The highest BCUT2D eigenvalue weighted by molar-refractivity contribution is 5.25. The van der Waals surface area contributed by atoms with Gasteiger partial charge in [-0.2, -0.15) is 0 Å². The van der Waals surface area contributed by atoms with Crippen LogP contribution in [-0.2, 0) is 0 Å². The third kappa shape index (κ3) is 2.36. The maximum atomic E-state index is 10.2. The Kier molecular flexibility index (Phi) is 3.34. The summed E-state index contributed by atoms with van der Waals surface area (Å²) in [5.74, 6) is 0. The fraction of sp³-hybridized carbons (Fsp3) is 0.583. The van der Waals surface area contributed by atoms with Gasteiger partial charge in [0, 0.05) is 24.0 Å². The number of hydrogen-bond acceptors (Lipinski definition) is 3. The molecule has 15 heavy (non-hydrogen) atoms. The van der Waals surface area contributed by atoms with Crippen molar-refractivity contribution in [3.63, 3.8) is 0 Å². The van der Waals surface area contributed by atoms with E-state index in [1.807, 2.05) is 13.0 Å². The number of piperidine rings is 1. The van der Waals surface area contributed by atoms with Crippen LogP contribution in [0.5, 0.6) is 0 Å². The molecule has 0 aromatic carbocycles. The first-order valence-electron chi connectivity index (χ1n) is 5.61. The first kappa shape index (κ1) is 10.6. The predicted molar refractivity (Wildman–Crippen MR) is 59.6 cm³/mol. The van der Waals surface area contributed by atoms with Crippen molar-refractivity contribution in [3.05, 3.63) is 29.6 Å². The molecule has 3 heteroatoms. The van der Waals surface area contributed by atoms with E-state index in [2.05, 4.69) is 10.3 Å². The second-order valence-electron chi connectivity index (χ2n) is 4.23. The van der Waals surface area contributed by atoms with Crippen LogP contribution in [0.15, 0.2) is 18.5 Å². The Labute approximate surface area is 90.5 Å². The van der Waals surface area contributed by atoms with Gasteiger partial charge in [0.2, 0.25) is 0 Å². The fourth-order valence-corrected chi connectivity index (χ4v) is 2.15. The molecule has 0 bridgehead atoms. The van der Waals surface area contributed by atoms with E-state index in [0.29, 0.717) is 0 Å². The summed E-state index contributed by atoms with van der Waals surface area (Å²) in [6.45, 7) is 3.03. The standard InChI is InChI=1S/C12H18N2O/c1-9-5-7-13-8-10(9)12(15)11-4-2-3-6-14-11/h5,7-8,11-12,14-15H,2-4,6H2,1H3. The zero-order valence-electron chi connectivity index (χ0n) is 9.11. The molecule has 2 rings (SSSR count). The van der Waals surface area contributed by atoms with Crippen LogP contribution in [0.3, 0.4) is 0 Å². The number of nitrogens with one attached hydrogen (secondary N) is 1. The number of aryl methyl sites for hydroxylation is 1. The lowest BCUT2D eigenvalue weighted by Gasteiger charge is -2.28. The lowest BCUT2D eigenvalue weighted by atomic mass is 9.94. The molecule has 1 aromatic heterocycles. The number of pyridine rings is 1. The monoisotopic (exact) mass is 206 g/mol. The van der Waals surface area contributed by atoms with Crippen molar-refractivity contribution in [1.82, 2.24) is 10.3 Å². The molecule has 0 radical (unpaired) electrons. The third-order valence-electron chi connectivity index (χ3n) is 3.13. The molecule has 1 aliphatic heterocycles. The summed E-state index contributed by atoms with van der Waals surface area (Å²) in [5.41, 5.74) is 2.07. The Hall–Kier alpha value is -0.930. The van der Waals surface area contributed by atoms with E-state index < -0.39 is 6.10 Å². The third-order valence-corrected chi connectivity index (χ3v) is 3.13. The van der Waals surface area contributed by atoms with E-state index in [4.69, 9.17) is 0 Å². The Morgan fingerprint density at radius 3 is 3.07 bits per heavy atom. The largest absolute Gasteiger partial charge is 0.387 e. The molecule has 0 saturated carbocycles. The van der Waals surface area contributed by atoms with Crippen molar-refractivity contribution in [3.8, 4) is 0 Å². The van der Waals surface area contributed by atoms with Crippen LogP contribution < -0.4 is 5.32 Å². The van der Waals surface area contributed by atoms with Crippen molar-refractivity contribution in [1.29, 1.82) is 0 Å². The number of nitrogens with zero attached hydrogens (tertiary/aromatic N) is 1. The van der Waals surface area contributed by atoms with Gasteiger partial charge in [-0.1, -0.05) is 6.42 Å². The topological polar surface area (TPSA) is 45.2 Å². The summed E-state index contributed by atoms with van der Waals surface area (Å²) < 4.78 is 0. The Morgan fingerprint density at radius 1 is 1.53 bits per heavy atom. The van der Waals surface area contributed by atoms with Crippen LogP contribution in [0, 0.1) is 6.92 Å². The predicted octanol–water partition coefficient (Wildman–Crippen LogP) is 1.57. The van der Waals surface area contributed by atoms with E-state index in [0.717, 1.165) is 24.1 Å². The molecule has 1 saturated heterocycles. The minimum absolute atomic E-state index is 0.196. The molecular weight excluding hydrogens is 188 g/mol. The van der Waals surface area contributed by atoms with Gasteiger partial charge in [0.05, 0.1) is 6.10 Å². The molecule has 0 spiro atoms. The zero-order valence-corrected chi connectivity index (χ0v) is 9.11. The minimum atomic E-state index is -0.418. The quantitative estimate of drug-likeness (QED) is 0.772. The first-order valence-corrected chi connectivity index (χ1v) is 5.61. The summed E-state index contributed by atoms with van der Waals surface area (Å²) >= 11 is 0. The lowest BCUT2D eigenvalue weighted by molar-refractivity contribution is 0.113. The zero-order chi connectivity index (χ0) is 10.7. The Balaban J connectivity index is 2.12. The van der Waals surface area contributed by atoms with Gasteiger partial charge in [-0.25, -0.2) is 0 Å². The van der Waals surface area contributed by atoms with E-state index in [-0.39, 0.29) is 6.04 Å². The maximum absolute atomic E-state index is 10.2. The van der Waals surface area contributed by atoms with Crippen LogP contribution in [0.2, 0.25) is 0 Å². The number of rotatable bonds is 2. The van der Waals surface area contributed by atoms with Gasteiger partial charge in [-0.3, -0.25) is 4.98 Å². The van der Waals surface area contributed by atoms with Gasteiger partial charge in [0.1, 0.15) is 0 Å². The fourth-order valence-electron chi connectivity index (χ4n) is 2.15. The van der Waals surface area contributed by atoms with Crippen LogP contribution >= 0.6 is 0 Å². The molecule has 1 fully saturated rings. The minimum Gasteiger partial charge on any atom is -0.387 e. The molecule has 82 valence electrons. The van der Waals surface area contributed by atoms with E-state index >= 15 is 0 Å². The number of aliphatic hydroxyl groups excluding tert-OH is 1. The normalized spacial score (nSPS) is 23.7. The molecule has 1 aromatic rings. The molecule has 3 nitrogen and oxygen atoms in total. The Bertz CT molecular complexity index is 321. The lowest BCUT2D eigenvalue weighted by Crippen LogP contribution is -2.39. The van der Waals surface area contributed by atoms with Crippen LogP contribution in [0.25, 0.3) is 0 Å². The maximum Gasteiger partial charge on any atom is 0.0960 e. The molecule has 1 aliphatic rings. The highest BCUT2D eigenvalue weighted by atomic mass is 16.3. The van der Waals surface area contributed by atoms with Gasteiger partial charge in [-0.05, 0) is 37.9 Å². The van der Waals surface area contributed by atoms with Crippen molar-refractivity contribution in [2.24, 2.45) is 0 Å². The van der Waals surface area contributed by atoms with Gasteiger partial charge in [0.25, 0.3) is 0 Å². The summed E-state index contributed by atoms with van der Waals surface area (Å²) in [5, 5.41) is 13.6. The van der Waals surface area contributed by atoms with Crippen molar-refractivity contribution in [2.75, 3.05) is 6.54 Å². The number of hydrogen-bond donors (Lipinski definition) is 2. The van der Waals surface area contributed by atoms with Crippen molar-refractivity contribution >= 4 is 0 Å². The molecule has 0 amide bonds. The smallest absolute Gasteiger partial charge is 0.0960 e. The number of aliphatic hydroxyl groups is 1. The highest BCUT2D eigenvalue weighted by Gasteiger charge is 2.23. The van der Waals surface area contributed by atoms with Crippen molar-refractivity contribution < 1.29 is 5.11 Å². The highest BCUT2D eigenvalue weighted by Crippen LogP contribution is 2.24. The van der Waals surface area contributed by atoms with Crippen LogP contribution in [0.4, 0.5) is 0 Å². The van der Waals surface area contributed by atoms with Gasteiger partial charge in [0.15, 0.2) is 0 Å². The summed E-state index contributed by atoms with van der Waals surface area (Å²) in [6, 6.07) is 2.14. The molecule has 0 aliphatic carbocycles. The summed E-state index contributed by atoms with van der Waals surface area (Å²) in [7, 11) is 0. The molecular formula is C12H18N2O. The van der Waals surface area contributed by atoms with Crippen LogP contribution in [0.1, 0.15) is 36.5 Å². The molecule has 2 N–H and O–H groups in total. The summed E-state index contributed by atoms with van der Waals surface area (Å²) in [4.78, 5) is 4.07. The Morgan fingerprint density at radius 2 is 2.40 bits per heavy atom. The average Bonchev–Trinajstić information content (AvgIpc) is 2.30. The first-order chi connectivity index (χ1) is 7.29. The molecule has 2 heterocycles. The number of aromatic nitrogens is 1. The van der Waals surface area contributed by atoms with E-state index in [9.17, 15) is 5.11 Å². The molecule has 2 unspecified atom stereocenters. The van der Waals surface area contributed by atoms with Gasteiger partial charge in [-0.15, -0.1) is 0 Å². The SMILES string of the molecule is Cc1ccncc1C(O)C1CCCCN1. The van der Waals surface area contributed by atoms with Crippen molar-refractivity contribution in [2.45, 2.75) is 38.3 Å². The van der Waals surface area contributed by atoms with Gasteiger partial charge < -0.3 is 10.4 Å². The molecule has 2 atom stereocenters.